The third-order valence-electron chi connectivity index (χ3n) is 6.02. The van der Waals surface area contributed by atoms with E-state index >= 15 is 0 Å². The second-order valence-corrected chi connectivity index (χ2v) is 7.94. The first-order chi connectivity index (χ1) is 13.2. The Kier molecular flexibility index (Phi) is 5.49. The molecule has 1 saturated heterocycles. The predicted molar refractivity (Wildman–Crippen MR) is 107 cm³/mol. The fraction of sp³-hybridized carbons (Fsp3) is 0.524. The van der Waals surface area contributed by atoms with E-state index in [4.69, 9.17) is 16.6 Å². The minimum atomic E-state index is -0.396. The Morgan fingerprint density at radius 1 is 1.11 bits per heavy atom. The molecule has 27 heavy (non-hydrogen) atoms. The Morgan fingerprint density at radius 2 is 1.78 bits per heavy atom. The topological polar surface area (TPSA) is 48.1 Å². The molecule has 0 radical (unpaired) electrons. The molecule has 1 unspecified atom stereocenters. The van der Waals surface area contributed by atoms with Crippen LogP contribution in [-0.4, -0.2) is 51.6 Å². The molecule has 2 aliphatic rings. The van der Waals surface area contributed by atoms with E-state index in [0.29, 0.717) is 10.8 Å². The van der Waals surface area contributed by atoms with Crippen LogP contribution in [0.1, 0.15) is 37.4 Å². The third-order valence-corrected chi connectivity index (χ3v) is 6.47. The molecule has 0 spiro atoms. The minimum absolute atomic E-state index is 0.396. The zero-order chi connectivity index (χ0) is 18.8. The van der Waals surface area contributed by atoms with Gasteiger partial charge < -0.3 is 4.57 Å². The number of nitriles is 1. The number of aromatic nitrogens is 2. The number of benzene rings is 1. The van der Waals surface area contributed by atoms with Crippen LogP contribution in [-0.2, 0) is 7.05 Å². The molecular weight excluding hydrogens is 358 g/mol. The molecule has 2 heterocycles. The molecule has 1 aromatic carbocycles. The second kappa shape index (κ2) is 8.02. The van der Waals surface area contributed by atoms with Crippen LogP contribution in [0.5, 0.6) is 0 Å². The van der Waals surface area contributed by atoms with Crippen molar-refractivity contribution in [1.29, 1.82) is 5.26 Å². The van der Waals surface area contributed by atoms with E-state index in [1.807, 2.05) is 41.9 Å². The van der Waals surface area contributed by atoms with Gasteiger partial charge in [0.1, 0.15) is 22.7 Å². The van der Waals surface area contributed by atoms with Crippen molar-refractivity contribution in [1.82, 2.24) is 19.4 Å². The molecule has 4 rings (SSSR count). The van der Waals surface area contributed by atoms with Crippen LogP contribution in [0, 0.1) is 11.3 Å². The van der Waals surface area contributed by atoms with Gasteiger partial charge in [0.15, 0.2) is 0 Å². The lowest BCUT2D eigenvalue weighted by molar-refractivity contribution is 0.0831. The summed E-state index contributed by atoms with van der Waals surface area (Å²) in [5, 5.41) is 10.4. The van der Waals surface area contributed by atoms with Crippen LogP contribution in [0.3, 0.4) is 0 Å². The first-order valence-corrected chi connectivity index (χ1v) is 10.2. The summed E-state index contributed by atoms with van der Waals surface area (Å²) >= 11 is 6.60. The van der Waals surface area contributed by atoms with E-state index in [-0.39, 0.29) is 0 Å². The fourth-order valence-electron chi connectivity index (χ4n) is 4.47. The highest BCUT2D eigenvalue weighted by molar-refractivity contribution is 6.30. The molecule has 0 amide bonds. The average molecular weight is 384 g/mol. The Labute approximate surface area is 166 Å². The van der Waals surface area contributed by atoms with Gasteiger partial charge in [0.2, 0.25) is 0 Å². The molecule has 2 aromatic rings. The van der Waals surface area contributed by atoms with Gasteiger partial charge in [-0.05, 0) is 12.8 Å². The van der Waals surface area contributed by atoms with Gasteiger partial charge in [-0.2, -0.15) is 5.26 Å². The molecule has 2 fully saturated rings. The monoisotopic (exact) mass is 383 g/mol. The lowest BCUT2D eigenvalue weighted by Crippen LogP contribution is -2.50. The Balaban J connectivity index is 1.53. The number of hydrogen-bond acceptors (Lipinski definition) is 4. The number of piperazine rings is 1. The smallest absolute Gasteiger partial charge is 0.144 e. The van der Waals surface area contributed by atoms with Crippen molar-refractivity contribution in [2.75, 3.05) is 26.2 Å². The first-order valence-electron chi connectivity index (χ1n) is 9.84. The molecule has 5 nitrogen and oxygen atoms in total. The van der Waals surface area contributed by atoms with E-state index in [1.54, 1.807) is 0 Å². The number of halogens is 1. The Hall–Kier alpha value is -1.87. The number of rotatable bonds is 4. The highest BCUT2D eigenvalue weighted by Gasteiger charge is 2.32. The van der Waals surface area contributed by atoms with Crippen LogP contribution >= 0.6 is 11.6 Å². The zero-order valence-electron chi connectivity index (χ0n) is 15.8. The normalized spacial score (nSPS) is 20.6. The van der Waals surface area contributed by atoms with Gasteiger partial charge in [-0.3, -0.25) is 9.80 Å². The van der Waals surface area contributed by atoms with Crippen molar-refractivity contribution in [3.63, 3.8) is 0 Å². The van der Waals surface area contributed by atoms with Crippen molar-refractivity contribution < 1.29 is 0 Å². The summed E-state index contributed by atoms with van der Waals surface area (Å²) in [5.41, 5.74) is 1.69. The van der Waals surface area contributed by atoms with Gasteiger partial charge in [0, 0.05) is 44.8 Å². The first kappa shape index (κ1) is 18.5. The van der Waals surface area contributed by atoms with Gasteiger partial charge in [-0.1, -0.05) is 54.8 Å². The maximum Gasteiger partial charge on any atom is 0.144 e. The van der Waals surface area contributed by atoms with Crippen LogP contribution in [0.15, 0.2) is 30.3 Å². The molecule has 6 heteroatoms. The summed E-state index contributed by atoms with van der Waals surface area (Å²) in [5.74, 6) is 0.806. The number of imidazole rings is 1. The molecular formula is C21H26ClN5. The van der Waals surface area contributed by atoms with Gasteiger partial charge in [-0.15, -0.1) is 0 Å². The van der Waals surface area contributed by atoms with Gasteiger partial charge in [0.05, 0.1) is 6.07 Å². The molecule has 1 atom stereocenters. The van der Waals surface area contributed by atoms with E-state index in [9.17, 15) is 5.26 Å². The van der Waals surface area contributed by atoms with E-state index in [2.05, 4.69) is 15.9 Å². The number of hydrogen-bond donors (Lipinski definition) is 0. The minimum Gasteiger partial charge on any atom is -0.318 e. The van der Waals surface area contributed by atoms with Gasteiger partial charge in [-0.25, -0.2) is 4.98 Å². The van der Waals surface area contributed by atoms with Crippen LogP contribution in [0.4, 0.5) is 0 Å². The van der Waals surface area contributed by atoms with Crippen molar-refractivity contribution in [2.45, 2.75) is 37.8 Å². The second-order valence-electron chi connectivity index (χ2n) is 7.58. The summed E-state index contributed by atoms with van der Waals surface area (Å²) in [6.45, 7) is 3.84. The van der Waals surface area contributed by atoms with Crippen LogP contribution in [0.2, 0.25) is 5.15 Å². The highest BCUT2D eigenvalue weighted by Crippen LogP contribution is 2.32. The lowest BCUT2D eigenvalue weighted by atomic mass is 10.1. The largest absolute Gasteiger partial charge is 0.318 e. The summed E-state index contributed by atoms with van der Waals surface area (Å²) in [6.07, 6.45) is 5.37. The summed E-state index contributed by atoms with van der Waals surface area (Å²) in [6, 6.07) is 12.8. The molecule has 1 aliphatic carbocycles. The maximum absolute atomic E-state index is 9.89. The Morgan fingerprint density at radius 3 is 2.41 bits per heavy atom. The average Bonchev–Trinajstić information content (AvgIpc) is 3.34. The molecule has 1 aliphatic heterocycles. The number of nitrogens with zero attached hydrogens (tertiary/aromatic N) is 5. The van der Waals surface area contributed by atoms with Crippen molar-refractivity contribution in [2.24, 2.45) is 7.05 Å². The molecule has 1 saturated carbocycles. The lowest BCUT2D eigenvalue weighted by Gasteiger charge is -2.39. The maximum atomic E-state index is 9.89. The van der Waals surface area contributed by atoms with Crippen molar-refractivity contribution in [3.05, 3.63) is 41.2 Å². The summed E-state index contributed by atoms with van der Waals surface area (Å²) in [4.78, 5) is 9.61. The molecule has 142 valence electrons. The standard InChI is InChI=1S/C21H26ClN5/c1-25-20(22)19(24-21(25)16-7-3-2-4-8-16)18(15-23)27-13-11-26(12-14-27)17-9-5-6-10-17/h2-4,7-8,17-18H,5-6,9-14H2,1H3. The van der Waals surface area contributed by atoms with Crippen LogP contribution < -0.4 is 0 Å². The van der Waals surface area contributed by atoms with E-state index < -0.39 is 6.04 Å². The third kappa shape index (κ3) is 3.62. The highest BCUT2D eigenvalue weighted by atomic mass is 35.5. The quantitative estimate of drug-likeness (QED) is 0.804. The van der Waals surface area contributed by atoms with Crippen LogP contribution in [0.25, 0.3) is 11.4 Å². The Bertz CT molecular complexity index is 811. The van der Waals surface area contributed by atoms with E-state index in [0.717, 1.165) is 43.6 Å². The fourth-order valence-corrected chi connectivity index (χ4v) is 4.69. The van der Waals surface area contributed by atoms with Crippen molar-refractivity contribution in [3.8, 4) is 17.5 Å². The predicted octanol–water partition coefficient (Wildman–Crippen LogP) is 3.87. The molecule has 0 N–H and O–H groups in total. The van der Waals surface area contributed by atoms with E-state index in [1.165, 1.54) is 25.7 Å². The molecule has 1 aromatic heterocycles. The van der Waals surface area contributed by atoms with Crippen molar-refractivity contribution >= 4 is 11.6 Å². The molecule has 0 bridgehead atoms. The summed E-state index contributed by atoms with van der Waals surface area (Å²) in [7, 11) is 1.91. The SMILES string of the molecule is Cn1c(-c2ccccc2)nc(C(C#N)N2CCN(C3CCCC3)CC2)c1Cl. The van der Waals surface area contributed by atoms with Gasteiger partial charge in [0.25, 0.3) is 0 Å². The van der Waals surface area contributed by atoms with Gasteiger partial charge >= 0.3 is 0 Å². The summed E-state index contributed by atoms with van der Waals surface area (Å²) < 4.78 is 1.88. The zero-order valence-corrected chi connectivity index (χ0v) is 16.6.